The highest BCUT2D eigenvalue weighted by molar-refractivity contribution is 7.99. The molecule has 0 saturated carbocycles. The molecule has 0 saturated heterocycles. The largest absolute Gasteiger partial charge is 0.452 e. The van der Waals surface area contributed by atoms with Gasteiger partial charge in [-0.05, 0) is 50.8 Å². The summed E-state index contributed by atoms with van der Waals surface area (Å²) in [6.07, 6.45) is 4.89. The summed E-state index contributed by atoms with van der Waals surface area (Å²) in [6.45, 7) is 3.41. The van der Waals surface area contributed by atoms with Gasteiger partial charge >= 0.3 is 5.97 Å². The number of hydrogen-bond acceptors (Lipinski definition) is 7. The van der Waals surface area contributed by atoms with Gasteiger partial charge in [0.25, 0.3) is 5.91 Å². The van der Waals surface area contributed by atoms with E-state index in [1.807, 2.05) is 26.0 Å². The number of carbonyl (C=O) groups is 2. The van der Waals surface area contributed by atoms with Crippen molar-refractivity contribution in [3.05, 3.63) is 46.6 Å². The van der Waals surface area contributed by atoms with Crippen LogP contribution in [-0.2, 0) is 22.4 Å². The zero-order chi connectivity index (χ0) is 20.4. The van der Waals surface area contributed by atoms with Gasteiger partial charge in [0.15, 0.2) is 6.61 Å². The first-order valence-corrected chi connectivity index (χ1v) is 11.1. The first-order chi connectivity index (χ1) is 14.0. The van der Waals surface area contributed by atoms with Crippen LogP contribution in [-0.4, -0.2) is 34.5 Å². The minimum absolute atomic E-state index is 0.00319. The number of aryl methyl sites for hydroxylation is 2. The average molecular weight is 428 g/mol. The Morgan fingerprint density at radius 2 is 2.07 bits per heavy atom. The van der Waals surface area contributed by atoms with Crippen LogP contribution in [0, 0.1) is 0 Å². The minimum Gasteiger partial charge on any atom is -0.452 e. The van der Waals surface area contributed by atoms with E-state index >= 15 is 0 Å². The van der Waals surface area contributed by atoms with E-state index in [0.29, 0.717) is 5.56 Å². The van der Waals surface area contributed by atoms with Crippen LogP contribution < -0.4 is 5.32 Å². The lowest BCUT2D eigenvalue weighted by molar-refractivity contribution is -0.124. The third kappa shape index (κ3) is 4.28. The number of nitrogens with zero attached hydrogens (tertiary/aromatic N) is 2. The van der Waals surface area contributed by atoms with E-state index in [-0.39, 0.29) is 18.6 Å². The molecule has 3 aromatic rings. The second-order valence-corrected chi connectivity index (χ2v) is 9.23. The Hall–Kier alpha value is -2.45. The SMILES string of the molecule is CC(C)NC(=O)COC(=O)c1ccccc1Sc1ncnc2sc3c(c12)CCC3. The third-order valence-corrected chi connectivity index (χ3v) is 6.84. The van der Waals surface area contributed by atoms with Gasteiger partial charge < -0.3 is 10.1 Å². The Morgan fingerprint density at radius 1 is 1.24 bits per heavy atom. The van der Waals surface area contributed by atoms with Gasteiger partial charge in [0.1, 0.15) is 16.2 Å². The van der Waals surface area contributed by atoms with Crippen LogP contribution in [0.3, 0.4) is 0 Å². The van der Waals surface area contributed by atoms with Crippen molar-refractivity contribution >= 4 is 45.2 Å². The third-order valence-electron chi connectivity index (χ3n) is 4.56. The van der Waals surface area contributed by atoms with Crippen LogP contribution in [0.5, 0.6) is 0 Å². The van der Waals surface area contributed by atoms with E-state index in [9.17, 15) is 9.59 Å². The highest BCUT2D eigenvalue weighted by Crippen LogP contribution is 2.42. The van der Waals surface area contributed by atoms with E-state index in [0.717, 1.165) is 39.4 Å². The van der Waals surface area contributed by atoms with Gasteiger partial charge in [-0.1, -0.05) is 23.9 Å². The molecule has 0 spiro atoms. The molecule has 1 N–H and O–H groups in total. The summed E-state index contributed by atoms with van der Waals surface area (Å²) in [6, 6.07) is 7.24. The van der Waals surface area contributed by atoms with Crippen molar-refractivity contribution in [2.75, 3.05) is 6.61 Å². The molecular weight excluding hydrogens is 406 g/mol. The molecule has 1 aromatic carbocycles. The zero-order valence-corrected chi connectivity index (χ0v) is 17.9. The van der Waals surface area contributed by atoms with Gasteiger partial charge in [0, 0.05) is 21.2 Å². The number of thiophene rings is 1. The lowest BCUT2D eigenvalue weighted by Gasteiger charge is -2.11. The van der Waals surface area contributed by atoms with E-state index in [1.54, 1.807) is 29.8 Å². The van der Waals surface area contributed by atoms with Crippen molar-refractivity contribution in [1.29, 1.82) is 0 Å². The van der Waals surface area contributed by atoms with Crippen LogP contribution in [0.15, 0.2) is 40.5 Å². The smallest absolute Gasteiger partial charge is 0.339 e. The van der Waals surface area contributed by atoms with Crippen molar-refractivity contribution in [2.24, 2.45) is 0 Å². The maximum Gasteiger partial charge on any atom is 0.339 e. The first kappa shape index (κ1) is 19.8. The van der Waals surface area contributed by atoms with Crippen LogP contribution in [0.4, 0.5) is 0 Å². The number of hydrogen-bond donors (Lipinski definition) is 1. The summed E-state index contributed by atoms with van der Waals surface area (Å²) in [5.74, 6) is -0.835. The van der Waals surface area contributed by atoms with Gasteiger partial charge in [-0.15, -0.1) is 11.3 Å². The van der Waals surface area contributed by atoms with Crippen molar-refractivity contribution in [3.63, 3.8) is 0 Å². The zero-order valence-electron chi connectivity index (χ0n) is 16.2. The lowest BCUT2D eigenvalue weighted by Crippen LogP contribution is -2.34. The van der Waals surface area contributed by atoms with Crippen molar-refractivity contribution in [1.82, 2.24) is 15.3 Å². The molecule has 29 heavy (non-hydrogen) atoms. The second-order valence-electron chi connectivity index (χ2n) is 7.11. The molecule has 1 aliphatic carbocycles. The number of aromatic nitrogens is 2. The second kappa shape index (κ2) is 8.51. The standard InChI is InChI=1S/C21H21N3O3S2/c1-12(2)24-17(25)10-27-21(26)14-6-3-4-8-16(14)29-20-18-13-7-5-9-15(13)28-19(18)22-11-23-20/h3-4,6,8,11-12H,5,7,9-10H2,1-2H3,(H,24,25). The Kier molecular flexibility index (Phi) is 5.82. The van der Waals surface area contributed by atoms with E-state index in [2.05, 4.69) is 15.3 Å². The van der Waals surface area contributed by atoms with E-state index in [1.165, 1.54) is 22.2 Å². The number of rotatable bonds is 6. The Balaban J connectivity index is 1.57. The fourth-order valence-corrected chi connectivity index (χ4v) is 5.71. The molecule has 150 valence electrons. The number of nitrogens with one attached hydrogen (secondary N) is 1. The number of esters is 1. The molecule has 0 atom stereocenters. The summed E-state index contributed by atoms with van der Waals surface area (Å²) < 4.78 is 5.22. The minimum atomic E-state index is -0.521. The normalized spacial score (nSPS) is 12.9. The molecule has 2 heterocycles. The van der Waals surface area contributed by atoms with Crippen LogP contribution in [0.25, 0.3) is 10.2 Å². The average Bonchev–Trinajstić information content (AvgIpc) is 3.27. The van der Waals surface area contributed by atoms with Crippen LogP contribution in [0.2, 0.25) is 0 Å². The highest BCUT2D eigenvalue weighted by Gasteiger charge is 2.23. The number of benzene rings is 1. The summed E-state index contributed by atoms with van der Waals surface area (Å²) in [5.41, 5.74) is 1.77. The molecule has 0 radical (unpaired) electrons. The van der Waals surface area contributed by atoms with Crippen LogP contribution >= 0.6 is 23.1 Å². The molecular formula is C21H21N3O3S2. The molecule has 2 aromatic heterocycles. The van der Waals surface area contributed by atoms with Gasteiger partial charge in [-0.2, -0.15) is 0 Å². The topological polar surface area (TPSA) is 81.2 Å². The Morgan fingerprint density at radius 3 is 2.90 bits per heavy atom. The van der Waals surface area contributed by atoms with Crippen molar-refractivity contribution < 1.29 is 14.3 Å². The Bertz CT molecular complexity index is 1080. The Labute approximate surface area is 177 Å². The molecule has 8 heteroatoms. The molecule has 6 nitrogen and oxygen atoms in total. The molecule has 1 aliphatic rings. The van der Waals surface area contributed by atoms with E-state index in [4.69, 9.17) is 4.74 Å². The monoisotopic (exact) mass is 427 g/mol. The molecule has 0 aliphatic heterocycles. The fraction of sp³-hybridized carbons (Fsp3) is 0.333. The molecule has 0 bridgehead atoms. The summed E-state index contributed by atoms with van der Waals surface area (Å²) in [5, 5.41) is 4.67. The number of ether oxygens (including phenoxy) is 1. The summed E-state index contributed by atoms with van der Waals surface area (Å²) in [7, 11) is 0. The summed E-state index contributed by atoms with van der Waals surface area (Å²) in [4.78, 5) is 36.5. The maximum atomic E-state index is 12.6. The predicted molar refractivity (Wildman–Crippen MR) is 114 cm³/mol. The number of fused-ring (bicyclic) bond motifs is 3. The number of amides is 1. The molecule has 1 amide bonds. The summed E-state index contributed by atoms with van der Waals surface area (Å²) >= 11 is 3.18. The first-order valence-electron chi connectivity index (χ1n) is 9.51. The van der Waals surface area contributed by atoms with Gasteiger partial charge in [0.05, 0.1) is 5.56 Å². The van der Waals surface area contributed by atoms with E-state index < -0.39 is 5.97 Å². The number of carbonyl (C=O) groups excluding carboxylic acids is 2. The fourth-order valence-electron chi connectivity index (χ4n) is 3.38. The van der Waals surface area contributed by atoms with Gasteiger partial charge in [0.2, 0.25) is 0 Å². The molecule has 0 fully saturated rings. The van der Waals surface area contributed by atoms with Gasteiger partial charge in [-0.25, -0.2) is 14.8 Å². The quantitative estimate of drug-likeness (QED) is 0.473. The van der Waals surface area contributed by atoms with Crippen molar-refractivity contribution in [2.45, 2.75) is 49.1 Å². The molecule has 4 rings (SSSR count). The highest BCUT2D eigenvalue weighted by atomic mass is 32.2. The van der Waals surface area contributed by atoms with Crippen molar-refractivity contribution in [3.8, 4) is 0 Å². The van der Waals surface area contributed by atoms with Crippen LogP contribution in [0.1, 0.15) is 41.1 Å². The maximum absolute atomic E-state index is 12.6. The lowest BCUT2D eigenvalue weighted by atomic mass is 10.2. The molecule has 0 unspecified atom stereocenters. The predicted octanol–water partition coefficient (Wildman–Crippen LogP) is 4.01. The van der Waals surface area contributed by atoms with Gasteiger partial charge in [-0.3, -0.25) is 4.79 Å².